The molecule has 0 unspecified atom stereocenters. The molecule has 0 saturated carbocycles. The Kier molecular flexibility index (Phi) is 4.24. The standard InChI is InChI=1S/C18H15F2NO2S/c1-13-9-11-15(12-10-13)24(22,23)21(18(19)20)17-8-4-6-14-5-2-3-7-16(14)17/h2-12,18H,1H3. The number of rotatable bonds is 4. The highest BCUT2D eigenvalue weighted by Crippen LogP contribution is 2.33. The van der Waals surface area contributed by atoms with Gasteiger partial charge < -0.3 is 0 Å². The Morgan fingerprint density at radius 3 is 2.17 bits per heavy atom. The first-order valence-electron chi connectivity index (χ1n) is 7.28. The molecule has 0 aliphatic rings. The van der Waals surface area contributed by atoms with Crippen LogP contribution in [0.25, 0.3) is 10.8 Å². The third-order valence-electron chi connectivity index (χ3n) is 3.76. The molecule has 3 aromatic rings. The van der Waals surface area contributed by atoms with Crippen molar-refractivity contribution >= 4 is 26.5 Å². The molecule has 3 rings (SSSR count). The molecular formula is C18H15F2NO2S. The van der Waals surface area contributed by atoms with E-state index in [1.54, 1.807) is 55.5 Å². The van der Waals surface area contributed by atoms with Gasteiger partial charge in [0.25, 0.3) is 10.0 Å². The number of benzene rings is 3. The highest BCUT2D eigenvalue weighted by Gasteiger charge is 2.32. The van der Waals surface area contributed by atoms with Gasteiger partial charge in [-0.05, 0) is 30.5 Å². The van der Waals surface area contributed by atoms with Crippen molar-refractivity contribution in [2.24, 2.45) is 0 Å². The topological polar surface area (TPSA) is 37.4 Å². The molecule has 0 aliphatic heterocycles. The van der Waals surface area contributed by atoms with Gasteiger partial charge in [-0.25, -0.2) is 12.7 Å². The highest BCUT2D eigenvalue weighted by molar-refractivity contribution is 7.92. The number of alkyl halides is 2. The molecule has 0 atom stereocenters. The lowest BCUT2D eigenvalue weighted by Gasteiger charge is -2.24. The molecule has 24 heavy (non-hydrogen) atoms. The third kappa shape index (κ3) is 2.85. The smallest absolute Gasteiger partial charge is 0.206 e. The lowest BCUT2D eigenvalue weighted by Crippen LogP contribution is -2.35. The van der Waals surface area contributed by atoms with Crippen molar-refractivity contribution in [1.82, 2.24) is 0 Å². The second kappa shape index (κ2) is 6.20. The second-order valence-corrected chi connectivity index (χ2v) is 7.20. The molecule has 0 bridgehead atoms. The minimum Gasteiger partial charge on any atom is -0.206 e. The highest BCUT2D eigenvalue weighted by atomic mass is 32.2. The van der Waals surface area contributed by atoms with E-state index in [1.165, 1.54) is 18.2 Å². The fourth-order valence-electron chi connectivity index (χ4n) is 2.56. The summed E-state index contributed by atoms with van der Waals surface area (Å²) < 4.78 is 53.2. The molecule has 0 aromatic heterocycles. The van der Waals surface area contributed by atoms with Crippen molar-refractivity contribution in [1.29, 1.82) is 0 Å². The summed E-state index contributed by atoms with van der Waals surface area (Å²) in [5.41, 5.74) is 0.811. The van der Waals surface area contributed by atoms with Crippen LogP contribution in [0.5, 0.6) is 0 Å². The van der Waals surface area contributed by atoms with Crippen LogP contribution in [0.3, 0.4) is 0 Å². The number of nitrogens with zero attached hydrogens (tertiary/aromatic N) is 1. The predicted molar refractivity (Wildman–Crippen MR) is 90.8 cm³/mol. The number of hydrogen-bond donors (Lipinski definition) is 0. The van der Waals surface area contributed by atoms with Crippen molar-refractivity contribution < 1.29 is 17.2 Å². The fraction of sp³-hybridized carbons (Fsp3) is 0.111. The Bertz CT molecular complexity index is 964. The van der Waals surface area contributed by atoms with E-state index in [9.17, 15) is 17.2 Å². The van der Waals surface area contributed by atoms with E-state index in [4.69, 9.17) is 0 Å². The second-order valence-electron chi connectivity index (χ2n) is 5.39. The van der Waals surface area contributed by atoms with Gasteiger partial charge in [-0.3, -0.25) is 0 Å². The van der Waals surface area contributed by atoms with Crippen LogP contribution >= 0.6 is 0 Å². The predicted octanol–water partition coefficient (Wildman–Crippen LogP) is 4.57. The van der Waals surface area contributed by atoms with E-state index >= 15 is 0 Å². The SMILES string of the molecule is Cc1ccc(S(=O)(=O)N(c2cccc3ccccc23)C(F)F)cc1. The molecule has 3 nitrogen and oxygen atoms in total. The van der Waals surface area contributed by atoms with Gasteiger partial charge in [-0.1, -0.05) is 54.1 Å². The molecule has 0 N–H and O–H groups in total. The number of aryl methyl sites for hydroxylation is 1. The molecule has 6 heteroatoms. The van der Waals surface area contributed by atoms with Gasteiger partial charge in [0.05, 0.1) is 10.6 Å². The number of anilines is 1. The summed E-state index contributed by atoms with van der Waals surface area (Å²) in [5.74, 6) is 0. The van der Waals surface area contributed by atoms with Crippen LogP contribution < -0.4 is 4.31 Å². The van der Waals surface area contributed by atoms with Crippen molar-refractivity contribution in [3.8, 4) is 0 Å². The quantitative estimate of drug-likeness (QED) is 0.649. The Hall–Kier alpha value is -2.47. The first kappa shape index (κ1) is 16.4. The molecule has 124 valence electrons. The Morgan fingerprint density at radius 2 is 1.50 bits per heavy atom. The molecule has 0 saturated heterocycles. The van der Waals surface area contributed by atoms with Crippen LogP contribution in [0.2, 0.25) is 0 Å². The van der Waals surface area contributed by atoms with Crippen molar-refractivity contribution in [2.45, 2.75) is 18.4 Å². The van der Waals surface area contributed by atoms with Crippen LogP contribution in [0.4, 0.5) is 14.5 Å². The zero-order valence-corrected chi connectivity index (χ0v) is 13.7. The maximum Gasteiger partial charge on any atom is 0.328 e. The van der Waals surface area contributed by atoms with Gasteiger partial charge >= 0.3 is 6.55 Å². The molecule has 0 spiro atoms. The van der Waals surface area contributed by atoms with E-state index < -0.39 is 16.6 Å². The van der Waals surface area contributed by atoms with Crippen LogP contribution in [0, 0.1) is 6.92 Å². The third-order valence-corrected chi connectivity index (χ3v) is 5.50. The molecule has 0 amide bonds. The lowest BCUT2D eigenvalue weighted by atomic mass is 10.1. The molecule has 3 aromatic carbocycles. The molecular weight excluding hydrogens is 332 g/mol. The number of halogens is 2. The zero-order valence-electron chi connectivity index (χ0n) is 12.9. The molecule has 0 heterocycles. The number of hydrogen-bond acceptors (Lipinski definition) is 2. The largest absolute Gasteiger partial charge is 0.328 e. The maximum atomic E-state index is 13.7. The monoisotopic (exact) mass is 347 g/mol. The summed E-state index contributed by atoms with van der Waals surface area (Å²) in [6, 6.07) is 17.4. The summed E-state index contributed by atoms with van der Waals surface area (Å²) in [7, 11) is -4.38. The van der Waals surface area contributed by atoms with Crippen molar-refractivity contribution in [3.05, 3.63) is 72.3 Å². The molecule has 0 aliphatic carbocycles. The van der Waals surface area contributed by atoms with E-state index in [2.05, 4.69) is 0 Å². The van der Waals surface area contributed by atoms with Crippen molar-refractivity contribution in [2.75, 3.05) is 4.31 Å². The minimum atomic E-state index is -4.38. The summed E-state index contributed by atoms with van der Waals surface area (Å²) in [5, 5.41) is 1.15. The Labute approximate surface area is 139 Å². The summed E-state index contributed by atoms with van der Waals surface area (Å²) in [6.45, 7) is -1.39. The Balaban J connectivity index is 2.21. The summed E-state index contributed by atoms with van der Waals surface area (Å²) in [6.07, 6.45) is 0. The minimum absolute atomic E-state index is 0.0383. The first-order chi connectivity index (χ1) is 11.4. The van der Waals surface area contributed by atoms with E-state index in [1.807, 2.05) is 0 Å². The maximum absolute atomic E-state index is 13.7. The van der Waals surface area contributed by atoms with Gasteiger partial charge in [0.1, 0.15) is 0 Å². The van der Waals surface area contributed by atoms with E-state index in [0.29, 0.717) is 10.8 Å². The van der Waals surface area contributed by atoms with E-state index in [-0.39, 0.29) is 14.9 Å². The first-order valence-corrected chi connectivity index (χ1v) is 8.72. The van der Waals surface area contributed by atoms with Gasteiger partial charge in [-0.15, -0.1) is 0 Å². The fourth-order valence-corrected chi connectivity index (χ4v) is 3.90. The zero-order chi connectivity index (χ0) is 17.3. The van der Waals surface area contributed by atoms with Crippen LogP contribution in [-0.4, -0.2) is 15.0 Å². The summed E-state index contributed by atoms with van der Waals surface area (Å²) in [4.78, 5) is -0.165. The van der Waals surface area contributed by atoms with Gasteiger partial charge in [0, 0.05) is 5.39 Å². The average molecular weight is 347 g/mol. The number of sulfonamides is 1. The van der Waals surface area contributed by atoms with Gasteiger partial charge in [0.15, 0.2) is 0 Å². The van der Waals surface area contributed by atoms with Crippen molar-refractivity contribution in [3.63, 3.8) is 0 Å². The summed E-state index contributed by atoms with van der Waals surface area (Å²) >= 11 is 0. The van der Waals surface area contributed by atoms with Gasteiger partial charge in [0.2, 0.25) is 0 Å². The van der Waals surface area contributed by atoms with Crippen LogP contribution in [-0.2, 0) is 10.0 Å². The van der Waals surface area contributed by atoms with Gasteiger partial charge in [-0.2, -0.15) is 8.78 Å². The van der Waals surface area contributed by atoms with Crippen LogP contribution in [0.15, 0.2) is 71.6 Å². The Morgan fingerprint density at radius 1 is 0.875 bits per heavy atom. The normalized spacial score (nSPS) is 11.8. The average Bonchev–Trinajstić information content (AvgIpc) is 2.55. The lowest BCUT2D eigenvalue weighted by molar-refractivity contribution is 0.162. The van der Waals surface area contributed by atoms with Crippen LogP contribution in [0.1, 0.15) is 5.56 Å². The number of fused-ring (bicyclic) bond motifs is 1. The molecule has 0 fully saturated rings. The molecule has 0 radical (unpaired) electrons. The van der Waals surface area contributed by atoms with E-state index in [0.717, 1.165) is 5.56 Å².